The van der Waals surface area contributed by atoms with E-state index in [1.807, 2.05) is 6.08 Å². The molecule has 0 saturated carbocycles. The van der Waals surface area contributed by atoms with Gasteiger partial charge in [0, 0.05) is 12.8 Å². The van der Waals surface area contributed by atoms with Crippen LogP contribution in [0.5, 0.6) is 0 Å². The molecule has 0 aromatic rings. The van der Waals surface area contributed by atoms with Gasteiger partial charge in [-0.15, -0.1) is 0 Å². The smallest absolute Gasteiger partial charge is 0.305 e. The SMILES string of the molecule is CCCCCCCCCCCCCCCCCCCCCCCCC/C=C/C(O)C(CO)NC(=O)CCCCCCCCCCCCCCCCCCC/C=C\C/C=C\CCCCCCCCCCCCCOC(=O)CCCCCCCCCCCCCCCC. The van der Waals surface area contributed by atoms with Gasteiger partial charge in [-0.25, -0.2) is 0 Å². The molecule has 0 aliphatic heterocycles. The minimum atomic E-state index is -0.845. The summed E-state index contributed by atoms with van der Waals surface area (Å²) in [6.45, 7) is 4.96. The Labute approximate surface area is 570 Å². The third-order valence-corrected chi connectivity index (χ3v) is 19.7. The number of unbranched alkanes of at least 4 members (excludes halogenated alkanes) is 64. The Kier molecular flexibility index (Phi) is 78.8. The number of ether oxygens (including phenoxy) is 1. The fraction of sp³-hybridized carbons (Fsp3) is 0.906. The summed E-state index contributed by atoms with van der Waals surface area (Å²) in [7, 11) is 0. The fourth-order valence-corrected chi connectivity index (χ4v) is 13.3. The van der Waals surface area contributed by atoms with Gasteiger partial charge < -0.3 is 20.3 Å². The summed E-state index contributed by atoms with van der Waals surface area (Å²) in [5.74, 6) is -0.0405. The number of amides is 1. The molecule has 0 aliphatic rings. The van der Waals surface area contributed by atoms with Crippen molar-refractivity contribution in [2.24, 2.45) is 0 Å². The second-order valence-corrected chi connectivity index (χ2v) is 28.8. The lowest BCUT2D eigenvalue weighted by Gasteiger charge is -2.20. The van der Waals surface area contributed by atoms with Crippen molar-refractivity contribution in [2.75, 3.05) is 13.2 Å². The van der Waals surface area contributed by atoms with Crippen molar-refractivity contribution in [1.29, 1.82) is 0 Å². The van der Waals surface area contributed by atoms with Crippen LogP contribution in [0.2, 0.25) is 0 Å². The van der Waals surface area contributed by atoms with Gasteiger partial charge in [-0.1, -0.05) is 429 Å². The zero-order chi connectivity index (χ0) is 65.6. The minimum Gasteiger partial charge on any atom is -0.466 e. The van der Waals surface area contributed by atoms with Gasteiger partial charge >= 0.3 is 5.97 Å². The first-order valence-electron chi connectivity index (χ1n) is 41.8. The van der Waals surface area contributed by atoms with Crippen LogP contribution in [0.3, 0.4) is 0 Å². The summed E-state index contributed by atoms with van der Waals surface area (Å²) in [4.78, 5) is 24.6. The molecule has 0 aromatic heterocycles. The fourth-order valence-electron chi connectivity index (χ4n) is 13.3. The highest BCUT2D eigenvalue weighted by molar-refractivity contribution is 5.76. The van der Waals surface area contributed by atoms with Gasteiger partial charge in [-0.2, -0.15) is 0 Å². The summed E-state index contributed by atoms with van der Waals surface area (Å²) in [6.07, 6.45) is 106. The maximum Gasteiger partial charge on any atom is 0.305 e. The normalized spacial score (nSPS) is 12.6. The second-order valence-electron chi connectivity index (χ2n) is 28.8. The first kappa shape index (κ1) is 89.1. The number of carbonyl (C=O) groups excluding carboxylic acids is 2. The van der Waals surface area contributed by atoms with Crippen molar-refractivity contribution in [3.63, 3.8) is 0 Å². The summed E-state index contributed by atoms with van der Waals surface area (Å²) < 4.78 is 5.50. The van der Waals surface area contributed by atoms with Gasteiger partial charge in [-0.05, 0) is 64.2 Å². The van der Waals surface area contributed by atoms with Crippen molar-refractivity contribution in [1.82, 2.24) is 5.32 Å². The van der Waals surface area contributed by atoms with Crippen molar-refractivity contribution < 1.29 is 24.5 Å². The topological polar surface area (TPSA) is 95.9 Å². The standard InChI is InChI=1S/C85H163NO5/c1-3-5-7-9-11-13-15-17-19-20-21-22-23-35-38-41-44-47-50-53-57-61-65-69-73-77-83(88)82(81-87)86-84(89)78-74-70-66-62-58-54-51-48-45-42-39-36-33-31-29-27-25-24-26-28-30-32-34-37-40-43-46-49-52-56-60-64-68-72-76-80-91-85(90)79-75-71-67-63-59-55-18-16-14-12-10-8-6-4-2/h26,28,32,34,73,77,82-83,87-88H,3-25,27,29-31,33,35-72,74-76,78-81H2,1-2H3,(H,86,89)/b28-26-,34-32-,77-73+. The minimum absolute atomic E-state index is 0.0197. The first-order valence-corrected chi connectivity index (χ1v) is 41.8. The molecular weight excluding hydrogens is 1110 g/mol. The Hall–Kier alpha value is -1.92. The number of nitrogens with one attached hydrogen (secondary N) is 1. The number of hydrogen-bond donors (Lipinski definition) is 3. The molecule has 0 bridgehead atoms. The second kappa shape index (κ2) is 80.5. The zero-order valence-corrected chi connectivity index (χ0v) is 61.9. The number of allylic oxidation sites excluding steroid dienone is 5. The van der Waals surface area contributed by atoms with Crippen molar-refractivity contribution in [2.45, 2.75) is 482 Å². The first-order chi connectivity index (χ1) is 45.0. The number of hydrogen-bond acceptors (Lipinski definition) is 5. The van der Waals surface area contributed by atoms with Gasteiger partial charge in [0.05, 0.1) is 25.4 Å². The highest BCUT2D eigenvalue weighted by atomic mass is 16.5. The van der Waals surface area contributed by atoms with Crippen LogP contribution in [0.4, 0.5) is 0 Å². The zero-order valence-electron chi connectivity index (χ0n) is 61.9. The van der Waals surface area contributed by atoms with E-state index in [-0.39, 0.29) is 18.5 Å². The summed E-state index contributed by atoms with van der Waals surface area (Å²) in [5, 5.41) is 23.3. The molecule has 1 amide bonds. The molecule has 91 heavy (non-hydrogen) atoms. The van der Waals surface area contributed by atoms with Gasteiger partial charge in [-0.3, -0.25) is 9.59 Å². The van der Waals surface area contributed by atoms with E-state index in [0.29, 0.717) is 19.4 Å². The average Bonchev–Trinajstić information content (AvgIpc) is 3.61. The molecule has 0 heterocycles. The lowest BCUT2D eigenvalue weighted by Crippen LogP contribution is -2.45. The molecule has 0 fully saturated rings. The van der Waals surface area contributed by atoms with E-state index in [1.54, 1.807) is 6.08 Å². The van der Waals surface area contributed by atoms with E-state index in [1.165, 1.54) is 398 Å². The molecule has 538 valence electrons. The molecular formula is C85H163NO5. The Morgan fingerprint density at radius 1 is 0.308 bits per heavy atom. The van der Waals surface area contributed by atoms with E-state index < -0.39 is 12.1 Å². The Balaban J connectivity index is 3.39. The van der Waals surface area contributed by atoms with Crippen LogP contribution in [0.25, 0.3) is 0 Å². The number of aliphatic hydroxyl groups excluding tert-OH is 2. The lowest BCUT2D eigenvalue weighted by atomic mass is 10.0. The predicted molar refractivity (Wildman–Crippen MR) is 403 cm³/mol. The molecule has 6 nitrogen and oxygen atoms in total. The van der Waals surface area contributed by atoms with E-state index in [9.17, 15) is 19.8 Å². The lowest BCUT2D eigenvalue weighted by molar-refractivity contribution is -0.143. The average molecular weight is 1280 g/mol. The highest BCUT2D eigenvalue weighted by Gasteiger charge is 2.18. The number of aliphatic hydroxyl groups is 2. The molecule has 0 rings (SSSR count). The van der Waals surface area contributed by atoms with E-state index >= 15 is 0 Å². The summed E-state index contributed by atoms with van der Waals surface area (Å²) in [5.41, 5.74) is 0. The monoisotopic (exact) mass is 1280 g/mol. The van der Waals surface area contributed by atoms with Gasteiger partial charge in [0.2, 0.25) is 5.91 Å². The van der Waals surface area contributed by atoms with Crippen LogP contribution in [-0.2, 0) is 14.3 Å². The van der Waals surface area contributed by atoms with Gasteiger partial charge in [0.15, 0.2) is 0 Å². The maximum atomic E-state index is 12.6. The van der Waals surface area contributed by atoms with Crippen LogP contribution in [0.15, 0.2) is 36.5 Å². The number of esters is 1. The summed E-state index contributed by atoms with van der Waals surface area (Å²) in [6, 6.07) is -0.628. The Morgan fingerprint density at radius 2 is 0.549 bits per heavy atom. The molecule has 3 N–H and O–H groups in total. The third-order valence-electron chi connectivity index (χ3n) is 19.7. The van der Waals surface area contributed by atoms with Gasteiger partial charge in [0.25, 0.3) is 0 Å². The van der Waals surface area contributed by atoms with Crippen LogP contribution in [-0.4, -0.2) is 47.4 Å². The molecule has 2 atom stereocenters. The largest absolute Gasteiger partial charge is 0.466 e. The molecule has 6 heteroatoms. The molecule has 0 aromatic carbocycles. The van der Waals surface area contributed by atoms with Crippen LogP contribution in [0.1, 0.15) is 470 Å². The third kappa shape index (κ3) is 77.0. The van der Waals surface area contributed by atoms with E-state index in [2.05, 4.69) is 43.5 Å². The number of rotatable bonds is 79. The van der Waals surface area contributed by atoms with Crippen LogP contribution >= 0.6 is 0 Å². The highest BCUT2D eigenvalue weighted by Crippen LogP contribution is 2.20. The quantitative estimate of drug-likeness (QED) is 0.0320. The molecule has 2 unspecified atom stereocenters. The Bertz CT molecular complexity index is 1470. The van der Waals surface area contributed by atoms with E-state index in [4.69, 9.17) is 4.74 Å². The van der Waals surface area contributed by atoms with Gasteiger partial charge in [0.1, 0.15) is 0 Å². The van der Waals surface area contributed by atoms with Crippen LogP contribution in [0, 0.1) is 0 Å². The maximum absolute atomic E-state index is 12.6. The van der Waals surface area contributed by atoms with Crippen molar-refractivity contribution in [3.8, 4) is 0 Å². The van der Waals surface area contributed by atoms with E-state index in [0.717, 1.165) is 44.9 Å². The van der Waals surface area contributed by atoms with Crippen molar-refractivity contribution >= 4 is 11.9 Å². The molecule has 0 saturated heterocycles. The number of carbonyl (C=O) groups is 2. The molecule has 0 aliphatic carbocycles. The molecule has 0 radical (unpaired) electrons. The van der Waals surface area contributed by atoms with Crippen molar-refractivity contribution in [3.05, 3.63) is 36.5 Å². The Morgan fingerprint density at radius 3 is 0.835 bits per heavy atom. The molecule has 0 spiro atoms. The predicted octanol–water partition coefficient (Wildman–Crippen LogP) is 27.8. The summed E-state index contributed by atoms with van der Waals surface area (Å²) >= 11 is 0. The van der Waals surface area contributed by atoms with Crippen LogP contribution < -0.4 is 5.32 Å².